The fourth-order valence-electron chi connectivity index (χ4n) is 1.76. The Morgan fingerprint density at radius 3 is 3.12 bits per heavy atom. The summed E-state index contributed by atoms with van der Waals surface area (Å²) in [5.74, 6) is 0.314. The summed E-state index contributed by atoms with van der Waals surface area (Å²) in [6, 6.07) is 3.45. The van der Waals surface area contributed by atoms with E-state index in [-0.39, 0.29) is 12.5 Å². The molecule has 2 N–H and O–H groups in total. The minimum atomic E-state index is -0.238. The Balaban J connectivity index is 2.35. The predicted molar refractivity (Wildman–Crippen MR) is 55.6 cm³/mol. The van der Waals surface area contributed by atoms with E-state index in [9.17, 15) is 9.59 Å². The summed E-state index contributed by atoms with van der Waals surface area (Å²) in [6.07, 6.45) is 0.663. The van der Waals surface area contributed by atoms with Crippen molar-refractivity contribution >= 4 is 28.8 Å². The molecule has 6 heteroatoms. The Kier molecular flexibility index (Phi) is 1.70. The third-order valence-corrected chi connectivity index (χ3v) is 2.45. The maximum atomic E-state index is 11.2. The number of nitrogens with zero attached hydrogens (tertiary/aromatic N) is 1. The molecule has 1 aliphatic heterocycles. The number of carbonyl (C=O) groups is 2. The number of nitrogens with one attached hydrogen (secondary N) is 2. The number of fused-ring (bicyclic) bond motifs is 3. The quantitative estimate of drug-likeness (QED) is 0.689. The van der Waals surface area contributed by atoms with Crippen LogP contribution < -0.4 is 10.1 Å². The minimum Gasteiger partial charge on any atom is -0.482 e. The third kappa shape index (κ3) is 1.10. The second-order valence-electron chi connectivity index (χ2n) is 3.42. The van der Waals surface area contributed by atoms with Gasteiger partial charge in [-0.2, -0.15) is 5.10 Å². The number of anilines is 1. The van der Waals surface area contributed by atoms with Crippen molar-refractivity contribution in [1.29, 1.82) is 0 Å². The highest BCUT2D eigenvalue weighted by atomic mass is 16.5. The summed E-state index contributed by atoms with van der Waals surface area (Å²) in [4.78, 5) is 22.1. The van der Waals surface area contributed by atoms with Crippen molar-refractivity contribution in [2.75, 3.05) is 11.9 Å². The number of aldehydes is 1. The molecule has 1 aromatic heterocycles. The van der Waals surface area contributed by atoms with E-state index in [0.717, 1.165) is 0 Å². The topological polar surface area (TPSA) is 84.1 Å². The Hall–Kier alpha value is -2.37. The Morgan fingerprint density at radius 1 is 1.44 bits per heavy atom. The van der Waals surface area contributed by atoms with E-state index < -0.39 is 0 Å². The molecule has 1 amide bonds. The number of H-pyrrole nitrogens is 1. The lowest BCUT2D eigenvalue weighted by atomic mass is 10.1. The molecule has 0 saturated carbocycles. The Labute approximate surface area is 89.6 Å². The van der Waals surface area contributed by atoms with Gasteiger partial charge in [-0.3, -0.25) is 14.7 Å². The molecule has 1 aliphatic rings. The van der Waals surface area contributed by atoms with Gasteiger partial charge in [0, 0.05) is 0 Å². The fraction of sp³-hybridized carbons (Fsp3) is 0.100. The van der Waals surface area contributed by atoms with Crippen LogP contribution in [0.25, 0.3) is 10.9 Å². The lowest BCUT2D eigenvalue weighted by molar-refractivity contribution is -0.118. The fourth-order valence-corrected chi connectivity index (χ4v) is 1.76. The van der Waals surface area contributed by atoms with E-state index in [1.807, 2.05) is 0 Å². The van der Waals surface area contributed by atoms with Gasteiger partial charge >= 0.3 is 0 Å². The van der Waals surface area contributed by atoms with Gasteiger partial charge in [-0.05, 0) is 12.1 Å². The summed E-state index contributed by atoms with van der Waals surface area (Å²) < 4.78 is 5.24. The molecule has 0 bridgehead atoms. The van der Waals surface area contributed by atoms with Crippen LogP contribution in [0.4, 0.5) is 5.69 Å². The van der Waals surface area contributed by atoms with Gasteiger partial charge in [0.1, 0.15) is 11.4 Å². The van der Waals surface area contributed by atoms with Gasteiger partial charge in [0.25, 0.3) is 5.91 Å². The second kappa shape index (κ2) is 3.06. The number of hydrogen-bond acceptors (Lipinski definition) is 4. The van der Waals surface area contributed by atoms with Crippen LogP contribution in [0.3, 0.4) is 0 Å². The lowest BCUT2D eigenvalue weighted by Crippen LogP contribution is -2.25. The molecule has 3 rings (SSSR count). The number of benzene rings is 1. The molecular weight excluding hydrogens is 210 g/mol. The van der Waals surface area contributed by atoms with Crippen molar-refractivity contribution in [1.82, 2.24) is 10.2 Å². The van der Waals surface area contributed by atoms with Gasteiger partial charge in [0.2, 0.25) is 0 Å². The first-order valence-corrected chi connectivity index (χ1v) is 4.68. The molecule has 0 spiro atoms. The molecule has 0 atom stereocenters. The minimum absolute atomic E-state index is 0.00716. The smallest absolute Gasteiger partial charge is 0.262 e. The SMILES string of the molecule is O=Cc1[nH]nc2ccc3c(c12)NC(=O)CO3. The van der Waals surface area contributed by atoms with Crippen LogP contribution in [0.15, 0.2) is 12.1 Å². The summed E-state index contributed by atoms with van der Waals surface area (Å²) >= 11 is 0. The van der Waals surface area contributed by atoms with E-state index in [2.05, 4.69) is 15.5 Å². The van der Waals surface area contributed by atoms with Crippen LogP contribution in [-0.2, 0) is 4.79 Å². The molecule has 2 aromatic rings. The summed E-state index contributed by atoms with van der Waals surface area (Å²) in [5, 5.41) is 9.83. The number of hydrogen-bond donors (Lipinski definition) is 2. The average molecular weight is 217 g/mol. The summed E-state index contributed by atoms with van der Waals surface area (Å²) in [7, 11) is 0. The van der Waals surface area contributed by atoms with Crippen LogP contribution >= 0.6 is 0 Å². The van der Waals surface area contributed by atoms with E-state index in [1.54, 1.807) is 12.1 Å². The van der Waals surface area contributed by atoms with Gasteiger partial charge in [-0.1, -0.05) is 0 Å². The lowest BCUT2D eigenvalue weighted by Gasteiger charge is -2.18. The van der Waals surface area contributed by atoms with Gasteiger partial charge in [-0.25, -0.2) is 0 Å². The van der Waals surface area contributed by atoms with Gasteiger partial charge in [-0.15, -0.1) is 0 Å². The van der Waals surface area contributed by atoms with E-state index in [1.165, 1.54) is 0 Å². The number of carbonyl (C=O) groups excluding carboxylic acids is 2. The second-order valence-corrected chi connectivity index (χ2v) is 3.42. The van der Waals surface area contributed by atoms with Crippen molar-refractivity contribution in [3.05, 3.63) is 17.8 Å². The van der Waals surface area contributed by atoms with Gasteiger partial charge < -0.3 is 10.1 Å². The molecule has 2 heterocycles. The van der Waals surface area contributed by atoms with Gasteiger partial charge in [0.15, 0.2) is 12.9 Å². The third-order valence-electron chi connectivity index (χ3n) is 2.45. The number of amides is 1. The van der Waals surface area contributed by atoms with E-state index >= 15 is 0 Å². The molecule has 0 aliphatic carbocycles. The van der Waals surface area contributed by atoms with Crippen LogP contribution in [-0.4, -0.2) is 29.0 Å². The zero-order valence-corrected chi connectivity index (χ0v) is 8.11. The number of ether oxygens (including phenoxy) is 1. The van der Waals surface area contributed by atoms with Crippen molar-refractivity contribution in [2.45, 2.75) is 0 Å². The van der Waals surface area contributed by atoms with Crippen LogP contribution in [0.2, 0.25) is 0 Å². The zero-order valence-electron chi connectivity index (χ0n) is 8.11. The highest BCUT2D eigenvalue weighted by molar-refractivity contribution is 6.10. The monoisotopic (exact) mass is 217 g/mol. The molecule has 6 nitrogen and oxygen atoms in total. The highest BCUT2D eigenvalue weighted by Gasteiger charge is 2.21. The molecular formula is C10H7N3O3. The first-order valence-electron chi connectivity index (χ1n) is 4.68. The molecule has 0 unspecified atom stereocenters. The normalized spacial score (nSPS) is 14.1. The molecule has 1 aromatic carbocycles. The maximum absolute atomic E-state index is 11.2. The maximum Gasteiger partial charge on any atom is 0.262 e. The first-order chi connectivity index (χ1) is 7.79. The number of aromatic amines is 1. The number of aromatic nitrogens is 2. The Bertz CT molecular complexity index is 603. The van der Waals surface area contributed by atoms with Crippen LogP contribution in [0.1, 0.15) is 10.5 Å². The van der Waals surface area contributed by atoms with Crippen molar-refractivity contribution in [3.63, 3.8) is 0 Å². The summed E-state index contributed by atoms with van der Waals surface area (Å²) in [6.45, 7) is -0.00716. The molecule has 0 radical (unpaired) electrons. The largest absolute Gasteiger partial charge is 0.482 e. The summed E-state index contributed by atoms with van der Waals surface area (Å²) in [5.41, 5.74) is 1.45. The predicted octanol–water partition coefficient (Wildman–Crippen LogP) is 0.706. The Morgan fingerprint density at radius 2 is 2.31 bits per heavy atom. The number of rotatable bonds is 1. The van der Waals surface area contributed by atoms with Crippen LogP contribution in [0.5, 0.6) is 5.75 Å². The van der Waals surface area contributed by atoms with Crippen LogP contribution in [0, 0.1) is 0 Å². The molecule has 0 fully saturated rings. The van der Waals surface area contributed by atoms with Crippen molar-refractivity contribution < 1.29 is 14.3 Å². The standard InChI is InChI=1S/C10H7N3O3/c14-3-6-9-5(12-13-6)1-2-7-10(9)11-8(15)4-16-7/h1-3H,4H2,(H,11,15)(H,12,13). The van der Waals surface area contributed by atoms with E-state index in [0.29, 0.717) is 34.3 Å². The first kappa shape index (κ1) is 8.90. The molecule has 16 heavy (non-hydrogen) atoms. The van der Waals surface area contributed by atoms with Crippen molar-refractivity contribution in [3.8, 4) is 5.75 Å². The zero-order chi connectivity index (χ0) is 11.1. The van der Waals surface area contributed by atoms with E-state index in [4.69, 9.17) is 4.74 Å². The highest BCUT2D eigenvalue weighted by Crippen LogP contribution is 2.35. The molecule has 80 valence electrons. The van der Waals surface area contributed by atoms with Crippen molar-refractivity contribution in [2.24, 2.45) is 0 Å². The van der Waals surface area contributed by atoms with Gasteiger partial charge in [0.05, 0.1) is 16.6 Å². The average Bonchev–Trinajstić information content (AvgIpc) is 2.72. The molecule has 0 saturated heterocycles.